The second kappa shape index (κ2) is 4.93. The first-order chi connectivity index (χ1) is 8.39. The minimum Gasteiger partial charge on any atom is -0.368 e. The van der Waals surface area contributed by atoms with Gasteiger partial charge in [-0.1, -0.05) is 32.9 Å². The van der Waals surface area contributed by atoms with Gasteiger partial charge >= 0.3 is 0 Å². The molecule has 1 aliphatic rings. The summed E-state index contributed by atoms with van der Waals surface area (Å²) in [5.41, 5.74) is 4.53. The van der Waals surface area contributed by atoms with E-state index in [0.29, 0.717) is 11.5 Å². The first-order valence-electron chi connectivity index (χ1n) is 6.94. The lowest BCUT2D eigenvalue weighted by Crippen LogP contribution is -2.56. The standard InChI is InChI=1S/C16H26N2/c1-12-7-6-8-14(13(12)2)18-10-9-17-15(11-18)16(3,4)5/h6-8,15,17H,9-11H2,1-5H3. The van der Waals surface area contributed by atoms with Crippen LogP contribution in [0.5, 0.6) is 0 Å². The highest BCUT2D eigenvalue weighted by molar-refractivity contribution is 5.56. The Labute approximate surface area is 111 Å². The summed E-state index contributed by atoms with van der Waals surface area (Å²) < 4.78 is 0. The third kappa shape index (κ3) is 2.69. The lowest BCUT2D eigenvalue weighted by atomic mass is 9.85. The smallest absolute Gasteiger partial charge is 0.0399 e. The van der Waals surface area contributed by atoms with Gasteiger partial charge in [0.05, 0.1) is 0 Å². The average Bonchev–Trinajstić information content (AvgIpc) is 2.32. The van der Waals surface area contributed by atoms with E-state index in [1.807, 2.05) is 0 Å². The Balaban J connectivity index is 2.21. The third-order valence-electron chi connectivity index (χ3n) is 4.14. The SMILES string of the molecule is Cc1cccc(N2CCNC(C(C)(C)C)C2)c1C. The van der Waals surface area contributed by atoms with Crippen LogP contribution < -0.4 is 10.2 Å². The molecule has 1 atom stereocenters. The summed E-state index contributed by atoms with van der Waals surface area (Å²) in [6, 6.07) is 7.19. The molecule has 1 N–H and O–H groups in total. The summed E-state index contributed by atoms with van der Waals surface area (Å²) in [6.45, 7) is 14.7. The molecule has 1 fully saturated rings. The fourth-order valence-corrected chi connectivity index (χ4v) is 2.63. The van der Waals surface area contributed by atoms with Gasteiger partial charge in [-0.3, -0.25) is 0 Å². The zero-order chi connectivity index (χ0) is 13.3. The molecule has 0 amide bonds. The normalized spacial score (nSPS) is 21.2. The van der Waals surface area contributed by atoms with Crippen molar-refractivity contribution < 1.29 is 0 Å². The van der Waals surface area contributed by atoms with E-state index in [-0.39, 0.29) is 0 Å². The van der Waals surface area contributed by atoms with E-state index in [4.69, 9.17) is 0 Å². The molecule has 1 saturated heterocycles. The Morgan fingerprint density at radius 1 is 1.22 bits per heavy atom. The van der Waals surface area contributed by atoms with Gasteiger partial charge in [0.1, 0.15) is 0 Å². The van der Waals surface area contributed by atoms with Crippen molar-refractivity contribution in [3.8, 4) is 0 Å². The second-order valence-electron chi connectivity index (χ2n) is 6.54. The maximum atomic E-state index is 3.65. The van der Waals surface area contributed by atoms with E-state index in [9.17, 15) is 0 Å². The van der Waals surface area contributed by atoms with Crippen molar-refractivity contribution in [1.82, 2.24) is 5.32 Å². The van der Waals surface area contributed by atoms with E-state index in [0.717, 1.165) is 19.6 Å². The van der Waals surface area contributed by atoms with Crippen LogP contribution in [0.25, 0.3) is 0 Å². The first-order valence-corrected chi connectivity index (χ1v) is 6.94. The summed E-state index contributed by atoms with van der Waals surface area (Å²) in [4.78, 5) is 2.54. The summed E-state index contributed by atoms with van der Waals surface area (Å²) in [5, 5.41) is 3.65. The Hall–Kier alpha value is -1.02. The van der Waals surface area contributed by atoms with Crippen molar-refractivity contribution in [2.24, 2.45) is 5.41 Å². The maximum Gasteiger partial charge on any atom is 0.0399 e. The Bertz CT molecular complexity index is 418. The number of aryl methyl sites for hydroxylation is 1. The van der Waals surface area contributed by atoms with Crippen molar-refractivity contribution in [3.05, 3.63) is 29.3 Å². The minimum absolute atomic E-state index is 0.316. The van der Waals surface area contributed by atoms with Gasteiger partial charge in [-0.15, -0.1) is 0 Å². The number of benzene rings is 1. The van der Waals surface area contributed by atoms with E-state index in [2.05, 4.69) is 63.0 Å². The molecule has 18 heavy (non-hydrogen) atoms. The first kappa shape index (κ1) is 13.4. The van der Waals surface area contributed by atoms with Crippen LogP contribution in [0.3, 0.4) is 0 Å². The molecule has 0 bridgehead atoms. The number of piperazine rings is 1. The van der Waals surface area contributed by atoms with Gasteiger partial charge < -0.3 is 10.2 Å². The van der Waals surface area contributed by atoms with E-state index in [1.165, 1.54) is 16.8 Å². The van der Waals surface area contributed by atoms with Gasteiger partial charge in [-0.25, -0.2) is 0 Å². The molecule has 1 aromatic rings. The molecule has 2 nitrogen and oxygen atoms in total. The van der Waals surface area contributed by atoms with Crippen molar-refractivity contribution in [2.75, 3.05) is 24.5 Å². The van der Waals surface area contributed by atoms with E-state index < -0.39 is 0 Å². The molecule has 0 aliphatic carbocycles. The molecule has 0 spiro atoms. The molecule has 0 aromatic heterocycles. The van der Waals surface area contributed by atoms with Crippen LogP contribution in [0, 0.1) is 19.3 Å². The van der Waals surface area contributed by atoms with Gasteiger partial charge in [0, 0.05) is 31.4 Å². The second-order valence-corrected chi connectivity index (χ2v) is 6.54. The van der Waals surface area contributed by atoms with Crippen LogP contribution in [0.4, 0.5) is 5.69 Å². The average molecular weight is 246 g/mol. The minimum atomic E-state index is 0.316. The predicted molar refractivity (Wildman–Crippen MR) is 79.4 cm³/mol. The maximum absolute atomic E-state index is 3.65. The van der Waals surface area contributed by atoms with E-state index in [1.54, 1.807) is 0 Å². The summed E-state index contributed by atoms with van der Waals surface area (Å²) in [5.74, 6) is 0. The summed E-state index contributed by atoms with van der Waals surface area (Å²) >= 11 is 0. The molecule has 2 rings (SSSR count). The highest BCUT2D eigenvalue weighted by Gasteiger charge is 2.29. The Kier molecular flexibility index (Phi) is 3.67. The van der Waals surface area contributed by atoms with Gasteiger partial charge in [-0.05, 0) is 36.5 Å². The topological polar surface area (TPSA) is 15.3 Å². The van der Waals surface area contributed by atoms with Gasteiger partial charge in [0.15, 0.2) is 0 Å². The largest absolute Gasteiger partial charge is 0.368 e. The van der Waals surface area contributed by atoms with Crippen molar-refractivity contribution in [3.63, 3.8) is 0 Å². The van der Waals surface area contributed by atoms with Crippen LogP contribution in [-0.2, 0) is 0 Å². The third-order valence-corrected chi connectivity index (χ3v) is 4.14. The van der Waals surface area contributed by atoms with Crippen LogP contribution >= 0.6 is 0 Å². The molecular formula is C16H26N2. The van der Waals surface area contributed by atoms with Crippen molar-refractivity contribution in [2.45, 2.75) is 40.7 Å². The van der Waals surface area contributed by atoms with Crippen molar-refractivity contribution >= 4 is 5.69 Å². The predicted octanol–water partition coefficient (Wildman–Crippen LogP) is 3.13. The van der Waals surface area contributed by atoms with Crippen LogP contribution in [0.1, 0.15) is 31.9 Å². The van der Waals surface area contributed by atoms with Gasteiger partial charge in [0.2, 0.25) is 0 Å². The molecule has 1 aromatic carbocycles. The molecule has 100 valence electrons. The van der Waals surface area contributed by atoms with Crippen LogP contribution in [0.2, 0.25) is 0 Å². The zero-order valence-electron chi connectivity index (χ0n) is 12.4. The fourth-order valence-electron chi connectivity index (χ4n) is 2.63. The lowest BCUT2D eigenvalue weighted by molar-refractivity contribution is 0.254. The molecule has 1 unspecified atom stereocenters. The molecule has 1 heterocycles. The summed E-state index contributed by atoms with van der Waals surface area (Å²) in [7, 11) is 0. The number of anilines is 1. The number of nitrogens with zero attached hydrogens (tertiary/aromatic N) is 1. The monoisotopic (exact) mass is 246 g/mol. The summed E-state index contributed by atoms with van der Waals surface area (Å²) in [6.07, 6.45) is 0. The van der Waals surface area contributed by atoms with Gasteiger partial charge in [-0.2, -0.15) is 0 Å². The zero-order valence-corrected chi connectivity index (χ0v) is 12.4. The van der Waals surface area contributed by atoms with Crippen LogP contribution in [0.15, 0.2) is 18.2 Å². The quantitative estimate of drug-likeness (QED) is 0.819. The molecule has 2 heteroatoms. The highest BCUT2D eigenvalue weighted by atomic mass is 15.2. The molecule has 0 saturated carbocycles. The molecule has 0 radical (unpaired) electrons. The molecule has 1 aliphatic heterocycles. The number of hydrogen-bond donors (Lipinski definition) is 1. The number of hydrogen-bond acceptors (Lipinski definition) is 2. The number of nitrogens with one attached hydrogen (secondary N) is 1. The molecular weight excluding hydrogens is 220 g/mol. The fraction of sp³-hybridized carbons (Fsp3) is 0.625. The lowest BCUT2D eigenvalue weighted by Gasteiger charge is -2.42. The Morgan fingerprint density at radius 3 is 2.61 bits per heavy atom. The van der Waals surface area contributed by atoms with Crippen LogP contribution in [-0.4, -0.2) is 25.7 Å². The van der Waals surface area contributed by atoms with Crippen molar-refractivity contribution in [1.29, 1.82) is 0 Å². The van der Waals surface area contributed by atoms with Gasteiger partial charge in [0.25, 0.3) is 0 Å². The van der Waals surface area contributed by atoms with E-state index >= 15 is 0 Å². The Morgan fingerprint density at radius 2 is 1.94 bits per heavy atom. The number of rotatable bonds is 1. The highest BCUT2D eigenvalue weighted by Crippen LogP contribution is 2.27.